The maximum absolute atomic E-state index is 14.4. The fourth-order valence-corrected chi connectivity index (χ4v) is 2.54. The summed E-state index contributed by atoms with van der Waals surface area (Å²) in [5, 5.41) is 13.1. The number of hydrogen-bond acceptors (Lipinski definition) is 4. The highest BCUT2D eigenvalue weighted by Crippen LogP contribution is 2.28. The number of fused-ring (bicyclic) bond motifs is 1. The number of hydrogen-bond donors (Lipinski definition) is 2. The molecular formula is C18H20F2N4O. The topological polar surface area (TPSA) is 62.5 Å². The minimum atomic E-state index is -1.06. The number of aliphatic hydroxyl groups is 1. The normalized spacial score (nSPS) is 12.2. The molecule has 5 nitrogen and oxygen atoms in total. The van der Waals surface area contributed by atoms with E-state index in [0.29, 0.717) is 16.9 Å². The highest BCUT2D eigenvalue weighted by Gasteiger charge is 2.20. The van der Waals surface area contributed by atoms with Crippen LogP contribution in [-0.2, 0) is 5.60 Å². The van der Waals surface area contributed by atoms with Gasteiger partial charge in [-0.3, -0.25) is 4.40 Å². The van der Waals surface area contributed by atoms with E-state index in [1.807, 2.05) is 13.8 Å². The summed E-state index contributed by atoms with van der Waals surface area (Å²) in [6.07, 6.45) is 3.16. The standard InChI is InChI=1S/C18H20F2N4O/c1-10(2)22-17-13(20)7-12(19)16(23-17)14-8-21-15-6-5-11(9-24(14)15)18(3,4)25/h5-10,25H,1-4H3,(H,22,23). The maximum atomic E-state index is 14.4. The van der Waals surface area contributed by atoms with Gasteiger partial charge < -0.3 is 10.4 Å². The lowest BCUT2D eigenvalue weighted by molar-refractivity contribution is 0.0782. The number of aromatic nitrogens is 3. The van der Waals surface area contributed by atoms with E-state index in [2.05, 4.69) is 15.3 Å². The van der Waals surface area contributed by atoms with E-state index < -0.39 is 17.2 Å². The largest absolute Gasteiger partial charge is 0.386 e. The minimum Gasteiger partial charge on any atom is -0.386 e. The van der Waals surface area contributed by atoms with Crippen molar-refractivity contribution < 1.29 is 13.9 Å². The van der Waals surface area contributed by atoms with Gasteiger partial charge in [0.15, 0.2) is 17.5 Å². The van der Waals surface area contributed by atoms with Crippen LogP contribution in [-0.4, -0.2) is 25.5 Å². The molecule has 2 N–H and O–H groups in total. The molecule has 0 aliphatic heterocycles. The van der Waals surface area contributed by atoms with E-state index in [0.717, 1.165) is 6.07 Å². The number of nitrogens with one attached hydrogen (secondary N) is 1. The van der Waals surface area contributed by atoms with Crippen LogP contribution in [0.15, 0.2) is 30.6 Å². The predicted octanol–water partition coefficient (Wildman–Crippen LogP) is 3.72. The summed E-state index contributed by atoms with van der Waals surface area (Å²) < 4.78 is 30.0. The molecule has 0 aromatic carbocycles. The lowest BCUT2D eigenvalue weighted by Gasteiger charge is -2.18. The summed E-state index contributed by atoms with van der Waals surface area (Å²) in [6, 6.07) is 4.24. The third-order valence-corrected chi connectivity index (χ3v) is 3.81. The Bertz CT molecular complexity index is 929. The SMILES string of the molecule is CC(C)Nc1nc(-c2cnc3ccc(C(C)(C)O)cn23)c(F)cc1F. The number of pyridine rings is 2. The van der Waals surface area contributed by atoms with Gasteiger partial charge in [-0.15, -0.1) is 0 Å². The van der Waals surface area contributed by atoms with E-state index in [4.69, 9.17) is 0 Å². The van der Waals surface area contributed by atoms with Gasteiger partial charge in [0, 0.05) is 18.3 Å². The van der Waals surface area contributed by atoms with Crippen LogP contribution in [0.5, 0.6) is 0 Å². The van der Waals surface area contributed by atoms with Gasteiger partial charge in [-0.1, -0.05) is 6.07 Å². The Morgan fingerprint density at radius 1 is 1.20 bits per heavy atom. The first-order chi connectivity index (χ1) is 11.7. The molecule has 3 aromatic heterocycles. The quantitative estimate of drug-likeness (QED) is 0.756. The third kappa shape index (κ3) is 3.32. The van der Waals surface area contributed by atoms with Crippen LogP contribution in [0.3, 0.4) is 0 Å². The van der Waals surface area contributed by atoms with Crippen molar-refractivity contribution in [2.24, 2.45) is 0 Å². The van der Waals surface area contributed by atoms with Gasteiger partial charge in [0.05, 0.1) is 17.5 Å². The van der Waals surface area contributed by atoms with Crippen molar-refractivity contribution >= 4 is 11.5 Å². The molecule has 0 saturated heterocycles. The van der Waals surface area contributed by atoms with Gasteiger partial charge >= 0.3 is 0 Å². The molecule has 0 fully saturated rings. The highest BCUT2D eigenvalue weighted by atomic mass is 19.1. The summed E-state index contributed by atoms with van der Waals surface area (Å²) in [4.78, 5) is 8.34. The zero-order valence-electron chi connectivity index (χ0n) is 14.5. The van der Waals surface area contributed by atoms with Crippen molar-refractivity contribution in [2.75, 3.05) is 5.32 Å². The molecule has 3 aromatic rings. The van der Waals surface area contributed by atoms with E-state index >= 15 is 0 Å². The summed E-state index contributed by atoms with van der Waals surface area (Å²) in [5.41, 5.74) is 0.527. The third-order valence-electron chi connectivity index (χ3n) is 3.81. The molecule has 0 saturated carbocycles. The lowest BCUT2D eigenvalue weighted by Crippen LogP contribution is -2.16. The van der Waals surface area contributed by atoms with Crippen LogP contribution in [0.25, 0.3) is 17.0 Å². The molecule has 0 aliphatic carbocycles. The Kier molecular flexibility index (Phi) is 4.20. The molecule has 0 atom stereocenters. The highest BCUT2D eigenvalue weighted by molar-refractivity contribution is 5.63. The molecule has 0 spiro atoms. The van der Waals surface area contributed by atoms with E-state index in [-0.39, 0.29) is 17.6 Å². The van der Waals surface area contributed by atoms with Crippen LogP contribution in [0.4, 0.5) is 14.6 Å². The van der Waals surface area contributed by atoms with Crippen molar-refractivity contribution in [3.8, 4) is 11.4 Å². The number of nitrogens with zero attached hydrogens (tertiary/aromatic N) is 3. The van der Waals surface area contributed by atoms with Gasteiger partial charge in [-0.2, -0.15) is 0 Å². The van der Waals surface area contributed by atoms with Gasteiger partial charge in [0.25, 0.3) is 0 Å². The molecule has 25 heavy (non-hydrogen) atoms. The molecule has 3 heterocycles. The fourth-order valence-electron chi connectivity index (χ4n) is 2.54. The Balaban J connectivity index is 2.19. The van der Waals surface area contributed by atoms with Crippen LogP contribution >= 0.6 is 0 Å². The first-order valence-corrected chi connectivity index (χ1v) is 7.99. The van der Waals surface area contributed by atoms with Crippen molar-refractivity contribution in [3.05, 3.63) is 47.8 Å². The van der Waals surface area contributed by atoms with Crippen molar-refractivity contribution in [2.45, 2.75) is 39.3 Å². The number of rotatable bonds is 4. The second kappa shape index (κ2) is 6.07. The first kappa shape index (κ1) is 17.3. The predicted molar refractivity (Wildman–Crippen MR) is 92.3 cm³/mol. The van der Waals surface area contributed by atoms with Gasteiger partial charge in [0.1, 0.15) is 11.3 Å². The Hall–Kier alpha value is -2.54. The zero-order valence-corrected chi connectivity index (χ0v) is 14.5. The maximum Gasteiger partial charge on any atom is 0.168 e. The number of anilines is 1. The van der Waals surface area contributed by atoms with Crippen molar-refractivity contribution in [1.29, 1.82) is 0 Å². The van der Waals surface area contributed by atoms with Gasteiger partial charge in [-0.05, 0) is 39.3 Å². The van der Waals surface area contributed by atoms with Crippen LogP contribution in [0.2, 0.25) is 0 Å². The van der Waals surface area contributed by atoms with Crippen molar-refractivity contribution in [3.63, 3.8) is 0 Å². The van der Waals surface area contributed by atoms with Gasteiger partial charge in [-0.25, -0.2) is 18.7 Å². The average Bonchev–Trinajstić information content (AvgIpc) is 2.91. The van der Waals surface area contributed by atoms with Crippen LogP contribution < -0.4 is 5.32 Å². The second-order valence-electron chi connectivity index (χ2n) is 6.80. The number of halogens is 2. The van der Waals surface area contributed by atoms with E-state index in [9.17, 15) is 13.9 Å². The molecule has 7 heteroatoms. The lowest BCUT2D eigenvalue weighted by atomic mass is 10.0. The summed E-state index contributed by atoms with van der Waals surface area (Å²) in [7, 11) is 0. The van der Waals surface area contributed by atoms with Crippen LogP contribution in [0, 0.1) is 11.6 Å². The molecule has 0 radical (unpaired) electrons. The summed E-state index contributed by atoms with van der Waals surface area (Å²) in [6.45, 7) is 7.00. The van der Waals surface area contributed by atoms with Gasteiger partial charge in [0.2, 0.25) is 0 Å². The molecule has 0 bridgehead atoms. The molecule has 0 amide bonds. The van der Waals surface area contributed by atoms with E-state index in [1.165, 1.54) is 6.20 Å². The Morgan fingerprint density at radius 3 is 2.56 bits per heavy atom. The van der Waals surface area contributed by atoms with Crippen molar-refractivity contribution in [1.82, 2.24) is 14.4 Å². The Morgan fingerprint density at radius 2 is 1.92 bits per heavy atom. The average molecular weight is 346 g/mol. The molecular weight excluding hydrogens is 326 g/mol. The smallest absolute Gasteiger partial charge is 0.168 e. The first-order valence-electron chi connectivity index (χ1n) is 7.99. The second-order valence-corrected chi connectivity index (χ2v) is 6.80. The van der Waals surface area contributed by atoms with Crippen LogP contribution in [0.1, 0.15) is 33.3 Å². The zero-order chi connectivity index (χ0) is 18.4. The molecule has 0 aliphatic rings. The summed E-state index contributed by atoms with van der Waals surface area (Å²) in [5.74, 6) is -1.54. The minimum absolute atomic E-state index is 0.00931. The van der Waals surface area contributed by atoms with E-state index in [1.54, 1.807) is 36.6 Å². The Labute approximate surface area is 144 Å². The monoisotopic (exact) mass is 346 g/mol. The number of imidazole rings is 1. The molecule has 0 unspecified atom stereocenters. The molecule has 3 rings (SSSR count). The molecule has 132 valence electrons. The summed E-state index contributed by atoms with van der Waals surface area (Å²) >= 11 is 0. The fraction of sp³-hybridized carbons (Fsp3) is 0.333.